The molecule has 510 valence electrons. The molecule has 9 atom stereocenters. The van der Waals surface area contributed by atoms with E-state index in [2.05, 4.69) is 21.3 Å². The number of hydrogen-bond donors (Lipinski definition) is 4. The number of aryl methyl sites for hydroxylation is 2. The van der Waals surface area contributed by atoms with Gasteiger partial charge in [-0.15, -0.1) is 0 Å². The minimum Gasteiger partial charge on any atom is -0.351 e. The highest BCUT2D eigenvalue weighted by Crippen LogP contribution is 2.36. The molecule has 3 aliphatic rings. The molecule has 1 saturated carbocycles. The van der Waals surface area contributed by atoms with Crippen molar-refractivity contribution in [3.8, 4) is 0 Å². The molecule has 5 rings (SSSR count). The quantitative estimate of drug-likeness (QED) is 0.229. The van der Waals surface area contributed by atoms with Crippen LogP contribution >= 0.6 is 11.6 Å². The topological polar surface area (TPSA) is 259 Å². The molecule has 0 unspecified atom stereocenters. The van der Waals surface area contributed by atoms with Gasteiger partial charge in [0.2, 0.25) is 65.0 Å². The van der Waals surface area contributed by atoms with Crippen molar-refractivity contribution in [3.63, 3.8) is 0 Å². The minimum atomic E-state index is -4.75. The zero-order valence-electron chi connectivity index (χ0n) is 56.0. The van der Waals surface area contributed by atoms with Gasteiger partial charge in [0, 0.05) is 67.7 Å². The van der Waals surface area contributed by atoms with Crippen molar-refractivity contribution in [1.82, 2.24) is 55.6 Å². The van der Waals surface area contributed by atoms with Crippen LogP contribution in [0.2, 0.25) is 5.02 Å². The number of nitrogens with zero attached hydrogens (tertiary/aromatic N) is 7. The first kappa shape index (κ1) is 75.4. The van der Waals surface area contributed by atoms with E-state index < -0.39 is 161 Å². The normalized spacial score (nSPS) is 25.1. The van der Waals surface area contributed by atoms with Crippen LogP contribution in [0.15, 0.2) is 42.5 Å². The average molecular weight is 1310 g/mol. The van der Waals surface area contributed by atoms with Gasteiger partial charge in [0.05, 0.1) is 30.2 Å². The summed E-state index contributed by atoms with van der Waals surface area (Å²) in [5, 5.41) is 11.0. The zero-order valence-corrected chi connectivity index (χ0v) is 56.7. The Morgan fingerprint density at radius 2 is 1.23 bits per heavy atom. The Hall–Kier alpha value is -7.31. The third kappa shape index (κ3) is 19.4. The van der Waals surface area contributed by atoms with Crippen LogP contribution < -0.4 is 21.3 Å². The largest absolute Gasteiger partial charge is 0.417 e. The maximum atomic E-state index is 15.1. The molecule has 2 saturated heterocycles. The highest BCUT2D eigenvalue weighted by atomic mass is 35.5. The Labute approximate surface area is 544 Å². The number of carbonyl (C=O) groups is 11. The van der Waals surface area contributed by atoms with Crippen LogP contribution in [0.25, 0.3) is 0 Å². The smallest absolute Gasteiger partial charge is 0.351 e. The van der Waals surface area contributed by atoms with Crippen LogP contribution in [0.4, 0.5) is 13.2 Å². The Balaban J connectivity index is 1.57. The van der Waals surface area contributed by atoms with Crippen molar-refractivity contribution in [2.75, 3.05) is 68.5 Å². The molecule has 26 heteroatoms. The summed E-state index contributed by atoms with van der Waals surface area (Å²) in [6.45, 7) is 12.8. The van der Waals surface area contributed by atoms with Gasteiger partial charge in [0.15, 0.2) is 0 Å². The van der Waals surface area contributed by atoms with Gasteiger partial charge in [-0.05, 0) is 99.8 Å². The van der Waals surface area contributed by atoms with Gasteiger partial charge < -0.3 is 55.6 Å². The molecule has 11 amide bonds. The third-order valence-corrected chi connectivity index (χ3v) is 18.8. The van der Waals surface area contributed by atoms with E-state index in [0.29, 0.717) is 43.2 Å². The molecule has 3 fully saturated rings. The van der Waals surface area contributed by atoms with Crippen molar-refractivity contribution >= 4 is 76.6 Å². The first-order valence-corrected chi connectivity index (χ1v) is 32.4. The van der Waals surface area contributed by atoms with Crippen LogP contribution in [0, 0.1) is 24.7 Å². The molecular weight excluding hydrogens is 1220 g/mol. The van der Waals surface area contributed by atoms with Gasteiger partial charge in [0.25, 0.3) is 0 Å². The van der Waals surface area contributed by atoms with Crippen molar-refractivity contribution in [3.05, 3.63) is 69.7 Å². The lowest BCUT2D eigenvalue weighted by molar-refractivity contribution is -0.149. The summed E-state index contributed by atoms with van der Waals surface area (Å²) in [5.74, 6) is -8.10. The monoisotopic (exact) mass is 1310 g/mol. The Bertz CT molecular complexity index is 3000. The Kier molecular flexibility index (Phi) is 27.0. The second kappa shape index (κ2) is 33.0. The third-order valence-electron chi connectivity index (χ3n) is 18.5. The summed E-state index contributed by atoms with van der Waals surface area (Å²) < 4.78 is 41.3. The number of nitrogens with one attached hydrogen (secondary N) is 4. The van der Waals surface area contributed by atoms with Crippen molar-refractivity contribution in [2.45, 2.75) is 193 Å². The SMILES string of the molecule is CC[C@H](C)[C@@H]1NC(=O)[C@H](CC(C)C)N(C)C(=O)C[C@@H](C)NC(=O)[C@H]([C@@H](C)CC)N(C)C(=O)C2(CCCC2)NC(=O)[C@@H]2CCCN2C(=O)[C@H](CCc2ccc(C(F)(F)F)c(Cl)c2)NC(=O)CN(C)C(=O)[C@H](Cc2ccc(C)cc2)N(C)C(=O)CN(C)C(=O)CN(C)C1=O. The van der Waals surface area contributed by atoms with Crippen molar-refractivity contribution in [1.29, 1.82) is 0 Å². The van der Waals surface area contributed by atoms with Crippen molar-refractivity contribution < 1.29 is 65.9 Å². The van der Waals surface area contributed by atoms with Crippen molar-refractivity contribution in [2.24, 2.45) is 17.8 Å². The second-order valence-corrected chi connectivity index (χ2v) is 26.6. The van der Waals surface area contributed by atoms with E-state index in [-0.39, 0.29) is 63.8 Å². The molecular formula is C66H97ClF3N11O11. The summed E-state index contributed by atoms with van der Waals surface area (Å²) in [6.07, 6.45) is -2.29. The van der Waals surface area contributed by atoms with Gasteiger partial charge >= 0.3 is 6.18 Å². The fraction of sp³-hybridized carbons (Fsp3) is 0.652. The van der Waals surface area contributed by atoms with E-state index >= 15 is 9.59 Å². The van der Waals surface area contributed by atoms with E-state index in [1.807, 2.05) is 46.8 Å². The Morgan fingerprint density at radius 1 is 0.641 bits per heavy atom. The van der Waals surface area contributed by atoms with Gasteiger partial charge in [-0.3, -0.25) is 52.7 Å². The van der Waals surface area contributed by atoms with E-state index in [1.54, 1.807) is 32.9 Å². The first-order valence-electron chi connectivity index (χ1n) is 32.0. The molecule has 22 nitrogen and oxygen atoms in total. The van der Waals surface area contributed by atoms with Gasteiger partial charge in [-0.1, -0.05) is 115 Å². The fourth-order valence-corrected chi connectivity index (χ4v) is 12.6. The van der Waals surface area contributed by atoms with E-state index in [4.69, 9.17) is 11.6 Å². The van der Waals surface area contributed by atoms with Crippen LogP contribution in [0.1, 0.15) is 141 Å². The average Bonchev–Trinajstić information content (AvgIpc) is 1.52. The van der Waals surface area contributed by atoms with Crippen LogP contribution in [-0.4, -0.2) is 216 Å². The summed E-state index contributed by atoms with van der Waals surface area (Å²) in [5.41, 5.74) is -0.722. The van der Waals surface area contributed by atoms with Crippen LogP contribution in [0.5, 0.6) is 0 Å². The molecule has 0 radical (unpaired) electrons. The lowest BCUT2D eigenvalue weighted by Crippen LogP contribution is -2.64. The lowest BCUT2D eigenvalue weighted by Gasteiger charge is -2.40. The van der Waals surface area contributed by atoms with Gasteiger partial charge in [0.1, 0.15) is 41.8 Å². The maximum Gasteiger partial charge on any atom is 0.417 e. The van der Waals surface area contributed by atoms with E-state index in [1.165, 1.54) is 63.1 Å². The predicted molar refractivity (Wildman–Crippen MR) is 341 cm³/mol. The minimum absolute atomic E-state index is 0.0435. The molecule has 0 bridgehead atoms. The molecule has 1 aliphatic carbocycles. The zero-order chi connectivity index (χ0) is 68.9. The number of fused-ring (bicyclic) bond motifs is 1. The first-order chi connectivity index (χ1) is 43.0. The number of hydrogen-bond acceptors (Lipinski definition) is 11. The number of halogens is 4. The van der Waals surface area contributed by atoms with E-state index in [9.17, 15) is 56.3 Å². The number of carbonyl (C=O) groups excluding carboxylic acids is 11. The lowest BCUT2D eigenvalue weighted by atomic mass is 9.90. The van der Waals surface area contributed by atoms with Crippen LogP contribution in [-0.2, 0) is 71.8 Å². The molecule has 0 aromatic heterocycles. The molecule has 2 aromatic rings. The maximum absolute atomic E-state index is 15.1. The number of rotatable bonds is 11. The summed E-state index contributed by atoms with van der Waals surface area (Å²) in [7, 11) is 8.41. The number of likely N-dealkylation sites (N-methyl/N-ethyl adjacent to an activating group) is 6. The summed E-state index contributed by atoms with van der Waals surface area (Å²) in [4.78, 5) is 168. The standard InChI is InChI=1S/C66H97ClF3N11O11/c1-15-41(6)56-63(91)77(11)37-54(84)75(9)38-55(85)79(13)51(35-45-23-21-40(5)22-24-45)62(90)76(10)36-52(82)72-48(28-26-44-25-27-46(47(67)34-44)66(68,69)70)61(89)81-31-19-20-49(81)59(87)74-65(29-17-18-30-65)64(92)80(14)57(42(7)16-2)60(88)71-43(8)33-53(83)78(12)50(32-39(3)4)58(86)73-56/h21-25,27,34,39,41-43,48-51,56-57H,15-20,26,28-33,35-38H2,1-14H3,(H,71,88)(H,72,82)(H,73,86)(H,74,87)/t41-,42-,43+,48-,49-,50-,51-,56-,57-/m0/s1. The van der Waals surface area contributed by atoms with Gasteiger partial charge in [-0.2, -0.15) is 13.2 Å². The molecule has 2 heterocycles. The number of alkyl halides is 3. The number of benzene rings is 2. The second-order valence-electron chi connectivity index (χ2n) is 26.2. The van der Waals surface area contributed by atoms with Gasteiger partial charge in [-0.25, -0.2) is 0 Å². The Morgan fingerprint density at radius 3 is 1.82 bits per heavy atom. The highest BCUT2D eigenvalue weighted by Gasteiger charge is 2.50. The molecule has 2 aromatic carbocycles. The van der Waals surface area contributed by atoms with E-state index in [0.717, 1.165) is 37.3 Å². The summed E-state index contributed by atoms with van der Waals surface area (Å²) in [6, 6.07) is 2.35. The fourth-order valence-electron chi connectivity index (χ4n) is 12.3. The molecule has 4 N–H and O–H groups in total. The molecule has 92 heavy (non-hydrogen) atoms. The van der Waals surface area contributed by atoms with Crippen LogP contribution in [0.3, 0.4) is 0 Å². The predicted octanol–water partition coefficient (Wildman–Crippen LogP) is 5.14. The molecule has 2 aliphatic heterocycles. The summed E-state index contributed by atoms with van der Waals surface area (Å²) >= 11 is 6.11. The highest BCUT2D eigenvalue weighted by molar-refractivity contribution is 6.31. The number of amides is 11. The molecule has 1 spiro atoms.